The van der Waals surface area contributed by atoms with Crippen LogP contribution in [-0.4, -0.2) is 44.7 Å². The summed E-state index contributed by atoms with van der Waals surface area (Å²) in [4.78, 5) is 26.7. The normalized spacial score (nSPS) is 11.8. The number of urea groups is 1. The second-order valence-electron chi connectivity index (χ2n) is 5.75. The minimum Gasteiger partial charge on any atom is -0.465 e. The van der Waals surface area contributed by atoms with Crippen molar-refractivity contribution in [1.82, 2.24) is 15.5 Å². The average Bonchev–Trinajstić information content (AvgIpc) is 3.14. The first-order chi connectivity index (χ1) is 12.0. The second kappa shape index (κ2) is 9.19. The van der Waals surface area contributed by atoms with E-state index in [0.29, 0.717) is 18.7 Å². The summed E-state index contributed by atoms with van der Waals surface area (Å²) in [7, 11) is 5.33. The van der Waals surface area contributed by atoms with Gasteiger partial charge in [0, 0.05) is 18.0 Å². The van der Waals surface area contributed by atoms with Gasteiger partial charge in [-0.1, -0.05) is 18.2 Å². The van der Waals surface area contributed by atoms with E-state index in [1.165, 1.54) is 12.0 Å². The number of amides is 2. The SMILES string of the molecule is COC(=O)c1ccc(CNC(=O)NCC(c2cccs2)N(C)C)cc1. The van der Waals surface area contributed by atoms with Crippen molar-refractivity contribution in [3.63, 3.8) is 0 Å². The topological polar surface area (TPSA) is 70.7 Å². The van der Waals surface area contributed by atoms with E-state index in [-0.39, 0.29) is 18.0 Å². The summed E-state index contributed by atoms with van der Waals surface area (Å²) >= 11 is 1.68. The molecule has 1 atom stereocenters. The first-order valence-corrected chi connectivity index (χ1v) is 8.78. The largest absolute Gasteiger partial charge is 0.465 e. The zero-order chi connectivity index (χ0) is 18.2. The fourth-order valence-electron chi connectivity index (χ4n) is 2.33. The second-order valence-corrected chi connectivity index (χ2v) is 6.73. The van der Waals surface area contributed by atoms with E-state index in [9.17, 15) is 9.59 Å². The smallest absolute Gasteiger partial charge is 0.337 e. The van der Waals surface area contributed by atoms with E-state index >= 15 is 0 Å². The lowest BCUT2D eigenvalue weighted by Gasteiger charge is -2.23. The molecule has 1 heterocycles. The van der Waals surface area contributed by atoms with Crippen LogP contribution in [0.3, 0.4) is 0 Å². The average molecular weight is 361 g/mol. The van der Waals surface area contributed by atoms with Crippen LogP contribution in [0.15, 0.2) is 41.8 Å². The molecule has 6 nitrogen and oxygen atoms in total. The molecule has 0 fully saturated rings. The molecule has 7 heteroatoms. The Morgan fingerprint density at radius 3 is 2.44 bits per heavy atom. The number of nitrogens with zero attached hydrogens (tertiary/aromatic N) is 1. The monoisotopic (exact) mass is 361 g/mol. The lowest BCUT2D eigenvalue weighted by atomic mass is 10.1. The van der Waals surface area contributed by atoms with Crippen LogP contribution in [0.1, 0.15) is 26.8 Å². The molecule has 0 bridgehead atoms. The number of hydrogen-bond acceptors (Lipinski definition) is 5. The first kappa shape index (κ1) is 19.0. The third-order valence-corrected chi connectivity index (χ3v) is 4.75. The van der Waals surface area contributed by atoms with Crippen LogP contribution in [0.25, 0.3) is 0 Å². The number of carbonyl (C=O) groups excluding carboxylic acids is 2. The van der Waals surface area contributed by atoms with Crippen LogP contribution < -0.4 is 10.6 Å². The van der Waals surface area contributed by atoms with E-state index in [0.717, 1.165) is 5.56 Å². The molecule has 0 spiro atoms. The number of benzene rings is 1. The highest BCUT2D eigenvalue weighted by Crippen LogP contribution is 2.22. The highest BCUT2D eigenvalue weighted by Gasteiger charge is 2.16. The first-order valence-electron chi connectivity index (χ1n) is 7.90. The van der Waals surface area contributed by atoms with Gasteiger partial charge in [-0.2, -0.15) is 0 Å². The molecule has 1 unspecified atom stereocenters. The van der Waals surface area contributed by atoms with Gasteiger partial charge in [-0.25, -0.2) is 9.59 Å². The number of carbonyl (C=O) groups is 2. The summed E-state index contributed by atoms with van der Waals surface area (Å²) in [6.45, 7) is 0.916. The summed E-state index contributed by atoms with van der Waals surface area (Å²) in [6.07, 6.45) is 0. The van der Waals surface area contributed by atoms with Crippen molar-refractivity contribution in [2.24, 2.45) is 0 Å². The maximum atomic E-state index is 12.0. The fourth-order valence-corrected chi connectivity index (χ4v) is 3.25. The summed E-state index contributed by atoms with van der Waals surface area (Å²) in [5.74, 6) is -0.374. The van der Waals surface area contributed by atoms with Crippen molar-refractivity contribution >= 4 is 23.3 Å². The summed E-state index contributed by atoms with van der Waals surface area (Å²) < 4.78 is 4.66. The Bertz CT molecular complexity index is 684. The number of esters is 1. The van der Waals surface area contributed by atoms with Gasteiger partial charge >= 0.3 is 12.0 Å². The Balaban J connectivity index is 1.81. The number of ether oxygens (including phenoxy) is 1. The zero-order valence-electron chi connectivity index (χ0n) is 14.6. The summed E-state index contributed by atoms with van der Waals surface area (Å²) in [5, 5.41) is 7.75. The number of likely N-dealkylation sites (N-methyl/N-ethyl adjacent to an activating group) is 1. The van der Waals surface area contributed by atoms with Crippen molar-refractivity contribution in [3.8, 4) is 0 Å². The maximum absolute atomic E-state index is 12.0. The van der Waals surface area contributed by atoms with Crippen molar-refractivity contribution in [2.45, 2.75) is 12.6 Å². The molecule has 0 aliphatic heterocycles. The molecule has 134 valence electrons. The van der Waals surface area contributed by atoms with Crippen LogP contribution in [0.5, 0.6) is 0 Å². The van der Waals surface area contributed by atoms with Crippen molar-refractivity contribution in [2.75, 3.05) is 27.7 Å². The van der Waals surface area contributed by atoms with E-state index in [4.69, 9.17) is 0 Å². The van der Waals surface area contributed by atoms with Gasteiger partial charge in [0.15, 0.2) is 0 Å². The van der Waals surface area contributed by atoms with Crippen LogP contribution in [0.4, 0.5) is 4.79 Å². The minimum atomic E-state index is -0.374. The Kier molecular flexibility index (Phi) is 6.97. The third kappa shape index (κ3) is 5.58. The Labute approximate surface area is 151 Å². The zero-order valence-corrected chi connectivity index (χ0v) is 15.4. The molecule has 0 radical (unpaired) electrons. The van der Waals surface area contributed by atoms with Gasteiger partial charge in [-0.15, -0.1) is 11.3 Å². The molecular formula is C18H23N3O3S. The minimum absolute atomic E-state index is 0.144. The van der Waals surface area contributed by atoms with Crippen molar-refractivity contribution < 1.29 is 14.3 Å². The van der Waals surface area contributed by atoms with Gasteiger partial charge in [0.2, 0.25) is 0 Å². The van der Waals surface area contributed by atoms with Gasteiger partial charge in [-0.05, 0) is 43.2 Å². The Morgan fingerprint density at radius 2 is 1.88 bits per heavy atom. The lowest BCUT2D eigenvalue weighted by Crippen LogP contribution is -2.40. The van der Waals surface area contributed by atoms with Crippen LogP contribution in [0, 0.1) is 0 Å². The van der Waals surface area contributed by atoms with Gasteiger partial charge in [0.1, 0.15) is 0 Å². The van der Waals surface area contributed by atoms with Crippen molar-refractivity contribution in [3.05, 3.63) is 57.8 Å². The molecule has 2 aromatic rings. The molecule has 2 rings (SSSR count). The van der Waals surface area contributed by atoms with E-state index < -0.39 is 0 Å². The molecule has 1 aromatic carbocycles. The predicted molar refractivity (Wildman–Crippen MR) is 98.8 cm³/mol. The molecular weight excluding hydrogens is 338 g/mol. The highest BCUT2D eigenvalue weighted by molar-refractivity contribution is 7.10. The van der Waals surface area contributed by atoms with E-state index in [1.54, 1.807) is 35.6 Å². The molecule has 0 saturated carbocycles. The van der Waals surface area contributed by atoms with Crippen LogP contribution >= 0.6 is 11.3 Å². The third-order valence-electron chi connectivity index (χ3n) is 3.78. The van der Waals surface area contributed by atoms with Crippen LogP contribution in [0.2, 0.25) is 0 Å². The van der Waals surface area contributed by atoms with E-state index in [2.05, 4.69) is 26.3 Å². The van der Waals surface area contributed by atoms with Gasteiger partial charge in [0.25, 0.3) is 0 Å². The number of nitrogens with one attached hydrogen (secondary N) is 2. The van der Waals surface area contributed by atoms with Gasteiger partial charge in [-0.3, -0.25) is 0 Å². The summed E-state index contributed by atoms with van der Waals surface area (Å²) in [6, 6.07) is 10.9. The van der Waals surface area contributed by atoms with Crippen LogP contribution in [-0.2, 0) is 11.3 Å². The molecule has 0 saturated heterocycles. The number of methoxy groups -OCH3 is 1. The summed E-state index contributed by atoms with van der Waals surface area (Å²) in [5.41, 5.74) is 1.39. The van der Waals surface area contributed by atoms with E-state index in [1.807, 2.05) is 25.5 Å². The Morgan fingerprint density at radius 1 is 1.16 bits per heavy atom. The molecule has 25 heavy (non-hydrogen) atoms. The molecule has 1 aromatic heterocycles. The highest BCUT2D eigenvalue weighted by atomic mass is 32.1. The predicted octanol–water partition coefficient (Wildman–Crippen LogP) is 2.64. The molecule has 0 aliphatic carbocycles. The van der Waals surface area contributed by atoms with Gasteiger partial charge in [0.05, 0.1) is 18.7 Å². The Hall–Kier alpha value is -2.38. The van der Waals surface area contributed by atoms with Gasteiger partial charge < -0.3 is 20.3 Å². The molecule has 2 N–H and O–H groups in total. The number of hydrogen-bond donors (Lipinski definition) is 2. The number of thiophene rings is 1. The quantitative estimate of drug-likeness (QED) is 0.744. The van der Waals surface area contributed by atoms with Crippen molar-refractivity contribution in [1.29, 1.82) is 0 Å². The maximum Gasteiger partial charge on any atom is 0.337 e. The molecule has 2 amide bonds. The lowest BCUT2D eigenvalue weighted by molar-refractivity contribution is 0.0600. The standard InChI is InChI=1S/C18H23N3O3S/c1-21(2)15(16-5-4-10-25-16)12-20-18(23)19-11-13-6-8-14(9-7-13)17(22)24-3/h4-10,15H,11-12H2,1-3H3,(H2,19,20,23). The molecule has 0 aliphatic rings. The fraction of sp³-hybridized carbons (Fsp3) is 0.333. The number of rotatable bonds is 7.